The average Bonchev–Trinajstić information content (AvgIpc) is 2.98. The van der Waals surface area contributed by atoms with Crippen LogP contribution < -0.4 is 11.1 Å². The Hall–Kier alpha value is -3.25. The Labute approximate surface area is 253 Å². The van der Waals surface area contributed by atoms with Crippen molar-refractivity contribution in [3.8, 4) is 0 Å². The molecule has 2 heterocycles. The summed E-state index contributed by atoms with van der Waals surface area (Å²) in [5.41, 5.74) is 3.47. The highest BCUT2D eigenvalue weighted by Crippen LogP contribution is 2.45. The molecular weight excluding hydrogens is 582 g/mol. The van der Waals surface area contributed by atoms with Gasteiger partial charge in [-0.3, -0.25) is 14.6 Å². The van der Waals surface area contributed by atoms with Crippen LogP contribution in [-0.2, 0) is 29.2 Å². The van der Waals surface area contributed by atoms with E-state index < -0.39 is 46.5 Å². The summed E-state index contributed by atoms with van der Waals surface area (Å²) in [5.74, 6) is -0.547. The van der Waals surface area contributed by atoms with Gasteiger partial charge in [0.2, 0.25) is 0 Å². The van der Waals surface area contributed by atoms with Crippen LogP contribution in [0.4, 0.5) is 26.3 Å². The van der Waals surface area contributed by atoms with E-state index >= 15 is 0 Å². The summed E-state index contributed by atoms with van der Waals surface area (Å²) >= 11 is 0. The van der Waals surface area contributed by atoms with Gasteiger partial charge in [-0.05, 0) is 61.6 Å². The Morgan fingerprint density at radius 3 is 2.02 bits per heavy atom. The van der Waals surface area contributed by atoms with Crippen molar-refractivity contribution in [2.24, 2.45) is 5.73 Å². The summed E-state index contributed by atoms with van der Waals surface area (Å²) in [4.78, 5) is 17.6. The minimum Gasteiger partial charge on any atom is -0.306 e. The third kappa shape index (κ3) is 6.15. The second-order valence-corrected chi connectivity index (χ2v) is 12.0. The number of carbonyl (C=O) groups is 1. The quantitative estimate of drug-likeness (QED) is 0.309. The van der Waals surface area contributed by atoms with E-state index in [0.717, 1.165) is 11.1 Å². The highest BCUT2D eigenvalue weighted by molar-refractivity contribution is 5.87. The second-order valence-electron chi connectivity index (χ2n) is 12.0. The molecule has 0 saturated carbocycles. The maximum Gasteiger partial charge on any atom is 0.416 e. The maximum absolute atomic E-state index is 13.8. The third-order valence-electron chi connectivity index (χ3n) is 9.24. The predicted molar refractivity (Wildman–Crippen MR) is 155 cm³/mol. The number of piperazine rings is 1. The van der Waals surface area contributed by atoms with Crippen molar-refractivity contribution in [1.82, 2.24) is 15.1 Å². The highest BCUT2D eigenvalue weighted by atomic mass is 19.4. The lowest BCUT2D eigenvalue weighted by atomic mass is 9.76. The number of rotatable bonds is 6. The van der Waals surface area contributed by atoms with E-state index in [4.69, 9.17) is 5.73 Å². The molecule has 0 spiro atoms. The molecule has 4 unspecified atom stereocenters. The fourth-order valence-electron chi connectivity index (χ4n) is 6.91. The lowest BCUT2D eigenvalue weighted by Crippen LogP contribution is -2.74. The van der Waals surface area contributed by atoms with Gasteiger partial charge in [-0.15, -0.1) is 0 Å². The first-order valence-corrected chi connectivity index (χ1v) is 14.6. The Kier molecular flexibility index (Phi) is 8.71. The van der Waals surface area contributed by atoms with Gasteiger partial charge in [-0.1, -0.05) is 60.7 Å². The molecule has 11 heteroatoms. The van der Waals surface area contributed by atoms with Crippen LogP contribution >= 0.6 is 0 Å². The van der Waals surface area contributed by atoms with Crippen molar-refractivity contribution in [1.29, 1.82) is 0 Å². The molecule has 2 saturated heterocycles. The molecule has 0 aliphatic carbocycles. The SMILES string of the molecule is CC(=O)C1(N)C(c2cc(C(F)(F)F)cc(C(F)(F)F)c2)NCCN1C1CCN(Cc2ccccc2)C(C)(c2ccccc2)C1. The monoisotopic (exact) mass is 618 g/mol. The minimum atomic E-state index is -5.03. The lowest BCUT2D eigenvalue weighted by Gasteiger charge is -2.56. The van der Waals surface area contributed by atoms with Crippen molar-refractivity contribution >= 4 is 5.78 Å². The zero-order valence-electron chi connectivity index (χ0n) is 24.6. The van der Waals surface area contributed by atoms with E-state index in [9.17, 15) is 31.1 Å². The van der Waals surface area contributed by atoms with Crippen molar-refractivity contribution < 1.29 is 31.1 Å². The molecule has 3 aromatic rings. The van der Waals surface area contributed by atoms with Gasteiger partial charge in [0, 0.05) is 37.8 Å². The number of nitrogens with one attached hydrogen (secondary N) is 1. The number of ketones is 1. The molecule has 236 valence electrons. The molecule has 0 bridgehead atoms. The zero-order valence-corrected chi connectivity index (χ0v) is 24.6. The van der Waals surface area contributed by atoms with E-state index in [0.29, 0.717) is 44.6 Å². The normalized spacial score (nSPS) is 27.3. The van der Waals surface area contributed by atoms with Crippen LogP contribution in [0, 0.1) is 0 Å². The molecule has 0 amide bonds. The average molecular weight is 619 g/mol. The standard InChI is InChI=1S/C33H36F6N4O/c1-22(44)31(40)29(24-17-26(32(34,35)36)19-27(18-24)33(37,38)39)41-14-16-43(31)28-13-15-42(21-23-9-5-3-6-10-23)30(2,20-28)25-11-7-4-8-12-25/h3-12,17-19,28-29,41H,13-16,20-21,40H2,1-2H3. The smallest absolute Gasteiger partial charge is 0.306 e. The fraction of sp³-hybridized carbons (Fsp3) is 0.424. The molecule has 44 heavy (non-hydrogen) atoms. The van der Waals surface area contributed by atoms with Crippen molar-refractivity contribution in [2.45, 2.75) is 68.9 Å². The minimum absolute atomic E-state index is 0.0871. The molecule has 2 aliphatic heterocycles. The van der Waals surface area contributed by atoms with Crippen LogP contribution in [0.25, 0.3) is 0 Å². The van der Waals surface area contributed by atoms with E-state index in [1.165, 1.54) is 6.92 Å². The van der Waals surface area contributed by atoms with E-state index in [1.54, 1.807) is 0 Å². The van der Waals surface area contributed by atoms with Gasteiger partial charge in [0.05, 0.1) is 17.2 Å². The molecule has 3 N–H and O–H groups in total. The lowest BCUT2D eigenvalue weighted by molar-refractivity contribution is -0.143. The summed E-state index contributed by atoms with van der Waals surface area (Å²) in [6.45, 7) is 5.20. The molecular formula is C33H36F6N4O. The van der Waals surface area contributed by atoms with Gasteiger partial charge < -0.3 is 11.1 Å². The van der Waals surface area contributed by atoms with Gasteiger partial charge in [-0.2, -0.15) is 26.3 Å². The Morgan fingerprint density at radius 1 is 0.909 bits per heavy atom. The van der Waals surface area contributed by atoms with E-state index in [1.807, 2.05) is 53.4 Å². The number of halogens is 6. The van der Waals surface area contributed by atoms with Gasteiger partial charge in [0.25, 0.3) is 0 Å². The molecule has 2 aliphatic rings. The van der Waals surface area contributed by atoms with Crippen molar-refractivity contribution in [3.05, 3.63) is 107 Å². The molecule has 0 radical (unpaired) electrons. The number of Topliss-reactive ketones (excluding diaryl/α,β-unsaturated/α-hetero) is 1. The molecule has 5 nitrogen and oxygen atoms in total. The van der Waals surface area contributed by atoms with Crippen LogP contribution in [0.1, 0.15) is 60.5 Å². The van der Waals surface area contributed by atoms with Gasteiger partial charge in [0.1, 0.15) is 5.66 Å². The Morgan fingerprint density at radius 2 is 1.48 bits per heavy atom. The summed E-state index contributed by atoms with van der Waals surface area (Å²) in [6.07, 6.45) is -8.91. The number of carbonyl (C=O) groups excluding carboxylic acids is 1. The Balaban J connectivity index is 1.54. The zero-order chi connectivity index (χ0) is 31.9. The number of hydrogen-bond donors (Lipinski definition) is 2. The van der Waals surface area contributed by atoms with Gasteiger partial charge >= 0.3 is 12.4 Å². The maximum atomic E-state index is 13.8. The predicted octanol–water partition coefficient (Wildman–Crippen LogP) is 6.49. The summed E-state index contributed by atoms with van der Waals surface area (Å²) < 4.78 is 82.6. The highest BCUT2D eigenvalue weighted by Gasteiger charge is 2.53. The first-order valence-electron chi connectivity index (χ1n) is 14.6. The van der Waals surface area contributed by atoms with Crippen LogP contribution in [0.15, 0.2) is 78.9 Å². The summed E-state index contributed by atoms with van der Waals surface area (Å²) in [7, 11) is 0. The molecule has 2 fully saturated rings. The number of nitrogens with zero attached hydrogens (tertiary/aromatic N) is 2. The first-order chi connectivity index (χ1) is 20.6. The van der Waals surface area contributed by atoms with Crippen LogP contribution in [0.3, 0.4) is 0 Å². The van der Waals surface area contributed by atoms with Crippen molar-refractivity contribution in [2.75, 3.05) is 19.6 Å². The Bertz CT molecular complexity index is 1430. The van der Waals surface area contributed by atoms with Gasteiger partial charge in [-0.25, -0.2) is 0 Å². The number of piperidine rings is 1. The van der Waals surface area contributed by atoms with Crippen LogP contribution in [-0.4, -0.2) is 46.9 Å². The van der Waals surface area contributed by atoms with E-state index in [-0.39, 0.29) is 24.2 Å². The molecule has 5 rings (SSSR count). The van der Waals surface area contributed by atoms with Gasteiger partial charge in [0.15, 0.2) is 5.78 Å². The molecule has 4 atom stereocenters. The molecule has 3 aromatic carbocycles. The third-order valence-corrected chi connectivity index (χ3v) is 9.24. The van der Waals surface area contributed by atoms with E-state index in [2.05, 4.69) is 29.3 Å². The number of benzene rings is 3. The number of nitrogens with two attached hydrogens (primary N) is 1. The van der Waals surface area contributed by atoms with Crippen molar-refractivity contribution in [3.63, 3.8) is 0 Å². The largest absolute Gasteiger partial charge is 0.416 e. The van der Waals surface area contributed by atoms with Crippen LogP contribution in [0.2, 0.25) is 0 Å². The molecule has 0 aromatic heterocycles. The number of likely N-dealkylation sites (tertiary alicyclic amines) is 1. The fourth-order valence-corrected chi connectivity index (χ4v) is 6.91. The summed E-state index contributed by atoms with van der Waals surface area (Å²) in [6, 6.07) is 19.8. The number of alkyl halides is 6. The summed E-state index contributed by atoms with van der Waals surface area (Å²) in [5, 5.41) is 2.99. The number of hydrogen-bond acceptors (Lipinski definition) is 5. The second kappa shape index (κ2) is 11.9. The first kappa shape index (κ1) is 32.2. The topological polar surface area (TPSA) is 61.6 Å². The van der Waals surface area contributed by atoms with Crippen LogP contribution in [0.5, 0.6) is 0 Å².